The fourth-order valence-electron chi connectivity index (χ4n) is 0.787. The van der Waals surface area contributed by atoms with Gasteiger partial charge in [0, 0.05) is 6.08 Å². The molecule has 4 heteroatoms. The Labute approximate surface area is 68.2 Å². The van der Waals surface area contributed by atoms with Gasteiger partial charge in [-0.05, 0) is 12.2 Å². The van der Waals surface area contributed by atoms with Crippen molar-refractivity contribution in [1.29, 1.82) is 0 Å². The molecule has 3 nitrogen and oxygen atoms in total. The van der Waals surface area contributed by atoms with Crippen LogP contribution in [0.1, 0.15) is 0 Å². The van der Waals surface area contributed by atoms with Crippen molar-refractivity contribution in [1.82, 2.24) is 0 Å². The summed E-state index contributed by atoms with van der Waals surface area (Å²) in [7, 11) is 0. The third-order valence-corrected chi connectivity index (χ3v) is 1.42. The monoisotopic (exact) mass is 169 g/mol. The van der Waals surface area contributed by atoms with E-state index in [-0.39, 0.29) is 5.17 Å². The summed E-state index contributed by atoms with van der Waals surface area (Å²) in [5.41, 5.74) is 0. The van der Waals surface area contributed by atoms with Crippen molar-refractivity contribution in [2.45, 2.75) is 0 Å². The molecule has 11 heavy (non-hydrogen) atoms. The van der Waals surface area contributed by atoms with Crippen LogP contribution >= 0.6 is 11.6 Å². The van der Waals surface area contributed by atoms with E-state index >= 15 is 0 Å². The number of hydrogen-bond donors (Lipinski definition) is 0. The van der Waals surface area contributed by atoms with Crippen LogP contribution in [-0.2, 0) is 9.57 Å². The number of rotatable bonds is 0. The summed E-state index contributed by atoms with van der Waals surface area (Å²) in [6.45, 7) is 0. The number of nitrogens with zero attached hydrogens (tertiary/aromatic N) is 1. The predicted octanol–water partition coefficient (Wildman–Crippen LogP) is 1.88. The zero-order valence-electron chi connectivity index (χ0n) is 5.45. The van der Waals surface area contributed by atoms with Crippen LogP contribution in [0.5, 0.6) is 0 Å². The van der Waals surface area contributed by atoms with E-state index < -0.39 is 0 Å². The molecule has 0 atom stereocenters. The van der Waals surface area contributed by atoms with Gasteiger partial charge in [0.1, 0.15) is 0 Å². The molecule has 0 aliphatic carbocycles. The van der Waals surface area contributed by atoms with Crippen molar-refractivity contribution < 1.29 is 9.57 Å². The molecular weight excluding hydrogens is 166 g/mol. The molecule has 2 heterocycles. The van der Waals surface area contributed by atoms with Gasteiger partial charge in [-0.1, -0.05) is 16.8 Å². The van der Waals surface area contributed by atoms with Gasteiger partial charge in [0.15, 0.2) is 10.9 Å². The van der Waals surface area contributed by atoms with E-state index in [1.165, 1.54) is 0 Å². The summed E-state index contributed by atoms with van der Waals surface area (Å²) in [5, 5.41) is 3.82. The van der Waals surface area contributed by atoms with Crippen LogP contribution in [-0.4, -0.2) is 5.17 Å². The van der Waals surface area contributed by atoms with E-state index in [1.54, 1.807) is 24.5 Å². The molecule has 0 fully saturated rings. The van der Waals surface area contributed by atoms with Gasteiger partial charge in [-0.25, -0.2) is 0 Å². The molecule has 0 radical (unpaired) electrons. The van der Waals surface area contributed by atoms with Crippen molar-refractivity contribution >= 4 is 16.8 Å². The molecule has 0 aromatic rings. The smallest absolute Gasteiger partial charge is 0.200 e. The van der Waals surface area contributed by atoms with Crippen LogP contribution in [0.15, 0.2) is 41.2 Å². The zero-order chi connectivity index (χ0) is 7.68. The fourth-order valence-corrected chi connectivity index (χ4v) is 0.921. The SMILES string of the molecule is ClC1=NOC2=CC=COC2=C1. The highest BCUT2D eigenvalue weighted by Gasteiger charge is 2.15. The summed E-state index contributed by atoms with van der Waals surface area (Å²) in [5.74, 6) is 1.17. The minimum Gasteiger partial charge on any atom is -0.461 e. The minimum atomic E-state index is 0.285. The van der Waals surface area contributed by atoms with E-state index in [2.05, 4.69) is 5.16 Å². The molecule has 56 valence electrons. The summed E-state index contributed by atoms with van der Waals surface area (Å²) in [4.78, 5) is 4.87. The summed E-state index contributed by atoms with van der Waals surface area (Å²) in [6.07, 6.45) is 6.62. The molecule has 0 amide bonds. The number of ether oxygens (including phenoxy) is 1. The van der Waals surface area contributed by atoms with Crippen molar-refractivity contribution in [2.24, 2.45) is 5.16 Å². The van der Waals surface area contributed by atoms with E-state index in [9.17, 15) is 0 Å². The third-order valence-electron chi connectivity index (χ3n) is 1.25. The van der Waals surface area contributed by atoms with Crippen LogP contribution in [0.2, 0.25) is 0 Å². The van der Waals surface area contributed by atoms with Gasteiger partial charge >= 0.3 is 0 Å². The molecule has 2 aliphatic heterocycles. The molecule has 0 unspecified atom stereocenters. The Morgan fingerprint density at radius 3 is 3.18 bits per heavy atom. The lowest BCUT2D eigenvalue weighted by atomic mass is 10.3. The van der Waals surface area contributed by atoms with Gasteiger partial charge in [-0.2, -0.15) is 0 Å². The lowest BCUT2D eigenvalue weighted by Gasteiger charge is -2.14. The Morgan fingerprint density at radius 1 is 1.36 bits per heavy atom. The lowest BCUT2D eigenvalue weighted by Crippen LogP contribution is -2.04. The van der Waals surface area contributed by atoms with Crippen molar-refractivity contribution in [3.8, 4) is 0 Å². The van der Waals surface area contributed by atoms with Gasteiger partial charge in [0.25, 0.3) is 0 Å². The standard InChI is InChI=1S/C7H4ClNO2/c8-7-4-6-5(11-9-7)2-1-3-10-6/h1-4H. The van der Waals surface area contributed by atoms with Crippen molar-refractivity contribution in [3.05, 3.63) is 36.0 Å². The number of allylic oxidation sites excluding steroid dienone is 3. The molecule has 0 spiro atoms. The van der Waals surface area contributed by atoms with E-state index in [0.717, 1.165) is 0 Å². The van der Waals surface area contributed by atoms with Crippen LogP contribution in [0.25, 0.3) is 0 Å². The Bertz CT molecular complexity index is 302. The second-order valence-electron chi connectivity index (χ2n) is 1.99. The van der Waals surface area contributed by atoms with E-state index in [0.29, 0.717) is 11.5 Å². The largest absolute Gasteiger partial charge is 0.461 e. The number of oxime groups is 1. The topological polar surface area (TPSA) is 30.8 Å². The highest BCUT2D eigenvalue weighted by Crippen LogP contribution is 2.22. The summed E-state index contributed by atoms with van der Waals surface area (Å²) in [6, 6.07) is 0. The normalized spacial score (nSPS) is 20.3. The second kappa shape index (κ2) is 2.43. The van der Waals surface area contributed by atoms with Crippen LogP contribution in [0.4, 0.5) is 0 Å². The molecule has 2 rings (SSSR count). The Morgan fingerprint density at radius 2 is 2.27 bits per heavy atom. The molecule has 2 aliphatic rings. The first kappa shape index (κ1) is 6.49. The molecule has 0 saturated carbocycles. The average Bonchev–Trinajstić information content (AvgIpc) is 2.04. The molecular formula is C7H4ClNO2. The quantitative estimate of drug-likeness (QED) is 0.554. The average molecular weight is 170 g/mol. The van der Waals surface area contributed by atoms with Gasteiger partial charge < -0.3 is 9.57 Å². The third kappa shape index (κ3) is 1.14. The fraction of sp³-hybridized carbons (Fsp3) is 0. The highest BCUT2D eigenvalue weighted by atomic mass is 35.5. The first-order chi connectivity index (χ1) is 5.36. The first-order valence-electron chi connectivity index (χ1n) is 3.02. The molecule has 0 saturated heterocycles. The summed E-state index contributed by atoms with van der Waals surface area (Å²) < 4.78 is 5.07. The van der Waals surface area contributed by atoms with Gasteiger partial charge in [-0.15, -0.1) is 0 Å². The second-order valence-corrected chi connectivity index (χ2v) is 2.38. The molecule has 0 bridgehead atoms. The maximum Gasteiger partial charge on any atom is 0.200 e. The van der Waals surface area contributed by atoms with Crippen LogP contribution in [0, 0.1) is 0 Å². The first-order valence-corrected chi connectivity index (χ1v) is 3.40. The molecule has 0 aromatic heterocycles. The zero-order valence-corrected chi connectivity index (χ0v) is 6.21. The van der Waals surface area contributed by atoms with E-state index in [1.807, 2.05) is 0 Å². The summed E-state index contributed by atoms with van der Waals surface area (Å²) >= 11 is 5.55. The number of hydrogen-bond acceptors (Lipinski definition) is 3. The minimum absolute atomic E-state index is 0.285. The maximum absolute atomic E-state index is 5.55. The Hall–Kier alpha value is -1.22. The Balaban J connectivity index is 2.36. The Kier molecular flexibility index (Phi) is 1.43. The predicted molar refractivity (Wildman–Crippen MR) is 40.8 cm³/mol. The van der Waals surface area contributed by atoms with Gasteiger partial charge in [0.05, 0.1) is 6.26 Å². The van der Waals surface area contributed by atoms with Crippen LogP contribution < -0.4 is 0 Å². The van der Waals surface area contributed by atoms with Crippen molar-refractivity contribution in [3.63, 3.8) is 0 Å². The van der Waals surface area contributed by atoms with Crippen molar-refractivity contribution in [2.75, 3.05) is 0 Å². The number of halogens is 1. The van der Waals surface area contributed by atoms with E-state index in [4.69, 9.17) is 21.2 Å². The van der Waals surface area contributed by atoms with Gasteiger partial charge in [0.2, 0.25) is 5.76 Å². The molecule has 0 N–H and O–H groups in total. The van der Waals surface area contributed by atoms with Gasteiger partial charge in [-0.3, -0.25) is 0 Å². The highest BCUT2D eigenvalue weighted by molar-refractivity contribution is 6.68. The molecule has 0 aromatic carbocycles. The lowest BCUT2D eigenvalue weighted by molar-refractivity contribution is 0.191. The number of fused-ring (bicyclic) bond motifs is 1. The van der Waals surface area contributed by atoms with Crippen LogP contribution in [0.3, 0.4) is 0 Å². The maximum atomic E-state index is 5.55.